The lowest BCUT2D eigenvalue weighted by molar-refractivity contribution is -0.0551. The van der Waals surface area contributed by atoms with Crippen LogP contribution in [0.2, 0.25) is 0 Å². The van der Waals surface area contributed by atoms with Gasteiger partial charge in [-0.25, -0.2) is 4.98 Å². The standard InChI is InChI=1S/C18H27N3O3S/c1-18(2,3)24-10-11(22)8-21(4)9-14-19-16(23)15-12-6-5-7-13(12)25-17(15)20-14/h11,22H,5-10H2,1-4H3,(H,19,20,23). The average molecular weight is 365 g/mol. The number of hydrogen-bond donors (Lipinski definition) is 2. The molecule has 0 aromatic carbocycles. The first kappa shape index (κ1) is 18.5. The van der Waals surface area contributed by atoms with Crippen molar-refractivity contribution in [1.82, 2.24) is 14.9 Å². The zero-order valence-corrected chi connectivity index (χ0v) is 16.2. The van der Waals surface area contributed by atoms with Crippen LogP contribution < -0.4 is 5.56 Å². The number of aryl methyl sites for hydroxylation is 2. The zero-order valence-electron chi connectivity index (χ0n) is 15.4. The topological polar surface area (TPSA) is 78.5 Å². The number of nitrogens with zero attached hydrogens (tertiary/aromatic N) is 2. The smallest absolute Gasteiger partial charge is 0.259 e. The molecule has 0 amide bonds. The zero-order chi connectivity index (χ0) is 18.2. The summed E-state index contributed by atoms with van der Waals surface area (Å²) in [5.41, 5.74) is 0.893. The fourth-order valence-electron chi connectivity index (χ4n) is 3.20. The molecular formula is C18H27N3O3S. The van der Waals surface area contributed by atoms with Crippen LogP contribution >= 0.6 is 11.3 Å². The highest BCUT2D eigenvalue weighted by Gasteiger charge is 2.21. The van der Waals surface area contributed by atoms with Gasteiger partial charge in [0.25, 0.3) is 5.56 Å². The van der Waals surface area contributed by atoms with Crippen molar-refractivity contribution in [3.05, 3.63) is 26.6 Å². The van der Waals surface area contributed by atoms with Gasteiger partial charge < -0.3 is 14.8 Å². The van der Waals surface area contributed by atoms with Crippen LogP contribution in [0.5, 0.6) is 0 Å². The lowest BCUT2D eigenvalue weighted by Crippen LogP contribution is -2.35. The molecule has 138 valence electrons. The van der Waals surface area contributed by atoms with E-state index in [0.29, 0.717) is 18.9 Å². The first-order chi connectivity index (χ1) is 11.7. The number of aromatic amines is 1. The summed E-state index contributed by atoms with van der Waals surface area (Å²) in [4.78, 5) is 24.1. The maximum Gasteiger partial charge on any atom is 0.259 e. The molecule has 1 atom stereocenters. The van der Waals surface area contributed by atoms with Gasteiger partial charge in [-0.3, -0.25) is 9.69 Å². The Morgan fingerprint density at radius 3 is 2.88 bits per heavy atom. The van der Waals surface area contributed by atoms with Crippen LogP contribution in [0, 0.1) is 0 Å². The van der Waals surface area contributed by atoms with Crippen molar-refractivity contribution in [2.75, 3.05) is 20.2 Å². The average Bonchev–Trinajstić information content (AvgIpc) is 3.04. The third-order valence-corrected chi connectivity index (χ3v) is 5.46. The first-order valence-corrected chi connectivity index (χ1v) is 9.58. The van der Waals surface area contributed by atoms with Gasteiger partial charge in [0.1, 0.15) is 10.7 Å². The van der Waals surface area contributed by atoms with Gasteiger partial charge in [-0.15, -0.1) is 11.3 Å². The van der Waals surface area contributed by atoms with Crippen LogP contribution in [0.4, 0.5) is 0 Å². The molecule has 0 saturated heterocycles. The minimum Gasteiger partial charge on any atom is -0.389 e. The molecular weight excluding hydrogens is 338 g/mol. The summed E-state index contributed by atoms with van der Waals surface area (Å²) in [5.74, 6) is 0.642. The molecule has 1 unspecified atom stereocenters. The Morgan fingerprint density at radius 2 is 2.16 bits per heavy atom. The second-order valence-corrected chi connectivity index (χ2v) is 8.91. The third kappa shape index (κ3) is 4.47. The maximum atomic E-state index is 12.5. The van der Waals surface area contributed by atoms with Crippen LogP contribution in [0.15, 0.2) is 4.79 Å². The molecule has 0 bridgehead atoms. The molecule has 2 heterocycles. The van der Waals surface area contributed by atoms with Crippen molar-refractivity contribution in [2.24, 2.45) is 0 Å². The van der Waals surface area contributed by atoms with Gasteiger partial charge >= 0.3 is 0 Å². The molecule has 0 radical (unpaired) electrons. The van der Waals surface area contributed by atoms with Crippen LogP contribution in [0.25, 0.3) is 10.2 Å². The van der Waals surface area contributed by atoms with Crippen LogP contribution in [-0.4, -0.2) is 51.9 Å². The van der Waals surface area contributed by atoms with E-state index in [1.54, 1.807) is 11.3 Å². The Bertz CT molecular complexity index is 806. The van der Waals surface area contributed by atoms with Gasteiger partial charge in [-0.05, 0) is 52.6 Å². The van der Waals surface area contributed by atoms with E-state index in [-0.39, 0.29) is 17.8 Å². The van der Waals surface area contributed by atoms with E-state index >= 15 is 0 Å². The molecule has 1 aliphatic carbocycles. The van der Waals surface area contributed by atoms with Gasteiger partial charge in [0, 0.05) is 11.4 Å². The maximum absolute atomic E-state index is 12.5. The number of likely N-dealkylation sites (N-methyl/N-ethyl adjacent to an activating group) is 1. The highest BCUT2D eigenvalue weighted by atomic mass is 32.1. The van der Waals surface area contributed by atoms with Gasteiger partial charge in [-0.1, -0.05) is 0 Å². The molecule has 0 saturated carbocycles. The minimum absolute atomic E-state index is 0.0376. The third-order valence-electron chi connectivity index (χ3n) is 4.27. The Labute approximate surface area is 151 Å². The number of ether oxygens (including phenoxy) is 1. The van der Waals surface area contributed by atoms with Crippen LogP contribution in [0.3, 0.4) is 0 Å². The van der Waals surface area contributed by atoms with Gasteiger partial charge in [0.2, 0.25) is 0 Å². The molecule has 2 aromatic heterocycles. The minimum atomic E-state index is -0.579. The Morgan fingerprint density at radius 1 is 1.40 bits per heavy atom. The van der Waals surface area contributed by atoms with E-state index < -0.39 is 6.10 Å². The quantitative estimate of drug-likeness (QED) is 0.819. The number of H-pyrrole nitrogens is 1. The Balaban J connectivity index is 1.65. The summed E-state index contributed by atoms with van der Waals surface area (Å²) in [6, 6.07) is 0. The van der Waals surface area contributed by atoms with E-state index in [1.165, 1.54) is 10.4 Å². The first-order valence-electron chi connectivity index (χ1n) is 8.77. The van der Waals surface area contributed by atoms with E-state index in [1.807, 2.05) is 32.7 Å². The highest BCUT2D eigenvalue weighted by molar-refractivity contribution is 7.18. The largest absolute Gasteiger partial charge is 0.389 e. The second kappa shape index (κ2) is 7.15. The molecule has 2 N–H and O–H groups in total. The summed E-state index contributed by atoms with van der Waals surface area (Å²) in [5, 5.41) is 10.9. The van der Waals surface area contributed by atoms with Gasteiger partial charge in [0.05, 0.1) is 30.2 Å². The molecule has 3 rings (SSSR count). The summed E-state index contributed by atoms with van der Waals surface area (Å²) < 4.78 is 5.61. The normalized spacial score (nSPS) is 15.9. The fourth-order valence-corrected chi connectivity index (χ4v) is 4.48. The molecule has 25 heavy (non-hydrogen) atoms. The number of aliphatic hydroxyl groups excluding tert-OH is 1. The SMILES string of the molecule is CN(Cc1nc2sc3c(c2c(=O)[nH]1)CCC3)CC(O)COC(C)(C)C. The predicted octanol–water partition coefficient (Wildman–Crippen LogP) is 2.08. The summed E-state index contributed by atoms with van der Waals surface area (Å²) >= 11 is 1.65. The number of thiophene rings is 1. The van der Waals surface area contributed by atoms with Crippen molar-refractivity contribution in [1.29, 1.82) is 0 Å². The number of aromatic nitrogens is 2. The van der Waals surface area contributed by atoms with Crippen LogP contribution in [0.1, 0.15) is 43.5 Å². The van der Waals surface area contributed by atoms with E-state index in [4.69, 9.17) is 4.74 Å². The van der Waals surface area contributed by atoms with E-state index in [0.717, 1.165) is 29.5 Å². The predicted molar refractivity (Wildman–Crippen MR) is 100 cm³/mol. The van der Waals surface area contributed by atoms with Crippen molar-refractivity contribution < 1.29 is 9.84 Å². The summed E-state index contributed by atoms with van der Waals surface area (Å²) in [6.07, 6.45) is 2.60. The van der Waals surface area contributed by atoms with Crippen LogP contribution in [-0.2, 0) is 24.1 Å². The lowest BCUT2D eigenvalue weighted by atomic mass is 10.2. The molecule has 0 spiro atoms. The number of hydrogen-bond acceptors (Lipinski definition) is 6. The van der Waals surface area contributed by atoms with E-state index in [9.17, 15) is 9.90 Å². The molecule has 1 aliphatic rings. The molecule has 6 nitrogen and oxygen atoms in total. The number of nitrogens with one attached hydrogen (secondary N) is 1. The number of fused-ring (bicyclic) bond motifs is 3. The van der Waals surface area contributed by atoms with Crippen molar-refractivity contribution in [2.45, 2.75) is 58.3 Å². The lowest BCUT2D eigenvalue weighted by Gasteiger charge is -2.24. The van der Waals surface area contributed by atoms with Gasteiger partial charge in [0.15, 0.2) is 0 Å². The Hall–Kier alpha value is -1.28. The van der Waals surface area contributed by atoms with E-state index in [2.05, 4.69) is 9.97 Å². The molecule has 7 heteroatoms. The molecule has 0 fully saturated rings. The fraction of sp³-hybridized carbons (Fsp3) is 0.667. The molecule has 2 aromatic rings. The Kier molecular flexibility index (Phi) is 5.29. The monoisotopic (exact) mass is 365 g/mol. The summed E-state index contributed by atoms with van der Waals surface area (Å²) in [6.45, 7) is 7.12. The van der Waals surface area contributed by atoms with Crippen molar-refractivity contribution in [3.63, 3.8) is 0 Å². The highest BCUT2D eigenvalue weighted by Crippen LogP contribution is 2.34. The summed E-state index contributed by atoms with van der Waals surface area (Å²) in [7, 11) is 1.90. The number of rotatable bonds is 6. The van der Waals surface area contributed by atoms with Gasteiger partial charge in [-0.2, -0.15) is 0 Å². The molecule has 0 aliphatic heterocycles. The second-order valence-electron chi connectivity index (χ2n) is 7.82. The van der Waals surface area contributed by atoms with Crippen molar-refractivity contribution >= 4 is 21.6 Å². The number of aliphatic hydroxyl groups is 1. The van der Waals surface area contributed by atoms with Crippen molar-refractivity contribution in [3.8, 4) is 0 Å².